The lowest BCUT2D eigenvalue weighted by Crippen LogP contribution is -2.41. The summed E-state index contributed by atoms with van der Waals surface area (Å²) in [5.41, 5.74) is 11.8. The Bertz CT molecular complexity index is 4330. The molecule has 0 saturated carbocycles. The predicted octanol–water partition coefficient (Wildman–Crippen LogP) is 26.2. The zero-order valence-corrected chi connectivity index (χ0v) is 94.0. The topological polar surface area (TPSA) is 418 Å². The maximum absolute atomic E-state index is 12.4. The number of amides is 4. The van der Waals surface area contributed by atoms with Crippen molar-refractivity contribution in [2.45, 2.75) is 485 Å². The van der Waals surface area contributed by atoms with E-state index in [0.717, 1.165) is 102 Å². The van der Waals surface area contributed by atoms with Gasteiger partial charge in [0.2, 0.25) is 11.8 Å². The Morgan fingerprint density at radius 2 is 0.544 bits per heavy atom. The number of nitrogens with one attached hydrogen (secondary N) is 4. The summed E-state index contributed by atoms with van der Waals surface area (Å²) in [6, 6.07) is 28.4. The lowest BCUT2D eigenvalue weighted by atomic mass is 9.98. The molecule has 4 amide bonds. The van der Waals surface area contributed by atoms with Crippen molar-refractivity contribution in [2.75, 3.05) is 20.4 Å². The molecule has 28 nitrogen and oxygen atoms in total. The summed E-state index contributed by atoms with van der Waals surface area (Å²) in [5, 5.41) is 29.2. The molecule has 6 rings (SSSR count). The second-order valence-electron chi connectivity index (χ2n) is 43.5. The molecule has 0 radical (unpaired) electrons. The number of carbonyl (C=O) groups is 14. The van der Waals surface area contributed by atoms with Crippen molar-refractivity contribution >= 4 is 83.1 Å². The number of esters is 5. The fourth-order valence-corrected chi connectivity index (χ4v) is 16.5. The highest BCUT2D eigenvalue weighted by atomic mass is 19.1. The number of benzene rings is 4. The summed E-state index contributed by atoms with van der Waals surface area (Å²) in [7, 11) is -1.00. The van der Waals surface area contributed by atoms with Gasteiger partial charge in [0.1, 0.15) is 59.1 Å². The first kappa shape index (κ1) is 134. The van der Waals surface area contributed by atoms with Crippen LogP contribution in [0.4, 0.5) is 14.0 Å². The Morgan fingerprint density at radius 3 is 0.799 bits per heavy atom. The van der Waals surface area contributed by atoms with Gasteiger partial charge in [0.15, 0.2) is 11.6 Å². The smallest absolute Gasteiger partial charge is 0.407 e. The monoisotopic (exact) mass is 2090 g/mol. The highest BCUT2D eigenvalue weighted by Crippen LogP contribution is 2.46. The minimum Gasteiger partial charge on any atom is -0.480 e. The Kier molecular flexibility index (Phi) is 68.9. The van der Waals surface area contributed by atoms with Crippen LogP contribution in [0.2, 0.25) is 0 Å². The summed E-state index contributed by atoms with van der Waals surface area (Å²) in [6.45, 7) is 36.2. The number of carboxylic acid groups (broad SMARTS) is 2. The molecule has 0 fully saturated rings. The highest BCUT2D eigenvalue weighted by molar-refractivity contribution is 5.89. The van der Waals surface area contributed by atoms with Crippen LogP contribution in [0, 0.1) is 0 Å². The van der Waals surface area contributed by atoms with Crippen molar-refractivity contribution < 1.29 is 116 Å². The number of carbonyl (C=O) groups excluding carboxylic acids is 12. The van der Waals surface area contributed by atoms with Crippen molar-refractivity contribution in [3.63, 3.8) is 0 Å². The van der Waals surface area contributed by atoms with Gasteiger partial charge >= 0.3 is 54.0 Å². The number of ketones is 3. The Labute approximate surface area is 892 Å². The molecule has 149 heavy (non-hydrogen) atoms. The number of Topliss-reactive ketones (excluding diaryl/α,β-unsaturated/α-hetero) is 3. The summed E-state index contributed by atoms with van der Waals surface area (Å²) >= 11 is 0. The molecule has 0 saturated heterocycles. The quantitative estimate of drug-likeness (QED) is 0.00934. The Hall–Kier alpha value is -11.0. The number of alkyl carbamates (subject to hydrolysis) is 2. The minimum atomic E-state index is -1.18. The zero-order valence-electron chi connectivity index (χ0n) is 95.0. The molecule has 0 heterocycles. The number of nitrogens with two attached hydrogens (primary N) is 1. The van der Waals surface area contributed by atoms with Crippen LogP contribution in [0.25, 0.3) is 22.3 Å². The first-order valence-electron chi connectivity index (χ1n) is 55.2. The summed E-state index contributed by atoms with van der Waals surface area (Å²) in [6.07, 6.45) is 44.9. The molecule has 29 heteroatoms. The standard InChI is InChI=1S/C29H53NO4.C28H51NO5.C26H31NO5.C25H29NO6.C11H21NO3.CH3F/c1-6-7-8-9-10-11-12-13-14-15-16-17-18-19-20-23-27(32)30-26(25(2)31)22-21-24-28(33)34-29(3,4)5;1-5-6-7-8-9-10-11-12-13-14-15-16-17-18-19-22-25(30)29-24(27(32)33)21-20-23-26(31)34-28(2,3)4;1-17(28)23(14-9-15-24(29)32-26(2,3)4)27-25(30)31-16-22-20-12-7-5-10-18(20)19-11-6-8-13-21(19)22;1-25(2,3)32-22(27)14-8-13-21(23(28)29)26-24(30)31-15-20-18-11-6-4-9-16(18)17-10-5-7-12-19(17)20;1-8(13)9(12)6-5-7-10(14)15-11(2,3)4;1-2/h13-14,26H,6-12,15-24H2,1-5H3,(H,30,32);12-13,24H,5-11,14-23H2,1-4H3,(H,29,30)(H,32,33);5-8,10-13,22-23H,9,14-16H2,1-4H3,(H,27,30);4-7,9-12,20-21H,8,13-15H2,1-3H3,(H,26,30)(H,28,29);9H,5-7,12H2,1-4H3;1H3/b14-13-;13-12-;;;;/t26-;24-;23-;21-;9-;/m00000./s1/i;;;;;1D. The number of ether oxygens (including phenoxy) is 7. The van der Waals surface area contributed by atoms with E-state index in [2.05, 4.69) is 83.7 Å². The first-order valence-corrected chi connectivity index (χ1v) is 54.5. The molecule has 2 aliphatic rings. The molecule has 0 spiro atoms. The van der Waals surface area contributed by atoms with Crippen molar-refractivity contribution in [1.29, 1.82) is 0 Å². The maximum Gasteiger partial charge on any atom is 0.407 e. The molecule has 0 aromatic heterocycles. The number of unbranched alkanes of at least 4 members (excludes halogenated alkanes) is 22. The molecule has 8 N–H and O–H groups in total. The SMILES string of the molecule is CC(=O)[C@@H](N)CCCC(=O)OC(C)(C)C.CC(=O)[C@H](CCCC(=O)OC(C)(C)C)NC(=O)OCC1c2ccccc2-c2ccccc21.CC(C)(C)OC(=O)CCC[C@H](NC(=O)OCC1c2ccccc2-c2ccccc21)C(=O)O.CCCCCCCC/C=C\CCCCCCCC(=O)N[C@@H](CCCC(=O)OC(C)(C)C)C(=O)O.CCCCCCCC/C=C\CCCCCCCC(=O)N[C@@H](CCCC(=O)OC(C)(C)C)C(C)=O.[2H]CF. The number of rotatable bonds is 63. The normalized spacial score (nSPS) is 13.1. The number of carboxylic acids is 2. The molecule has 4 aromatic carbocycles. The molecule has 0 unspecified atom stereocenters. The van der Waals surface area contributed by atoms with Crippen LogP contribution in [0.3, 0.4) is 0 Å². The van der Waals surface area contributed by atoms with Gasteiger partial charge in [-0.1, -0.05) is 238 Å². The second-order valence-corrected chi connectivity index (χ2v) is 43.5. The van der Waals surface area contributed by atoms with Gasteiger partial charge in [-0.3, -0.25) is 52.3 Å². The highest BCUT2D eigenvalue weighted by Gasteiger charge is 2.34. The van der Waals surface area contributed by atoms with Crippen LogP contribution in [0.1, 0.15) is 450 Å². The molecule has 2 aliphatic carbocycles. The summed E-state index contributed by atoms with van der Waals surface area (Å²) in [4.78, 5) is 165. The maximum atomic E-state index is 12.4. The summed E-state index contributed by atoms with van der Waals surface area (Å²) < 4.78 is 52.5. The summed E-state index contributed by atoms with van der Waals surface area (Å²) in [5.74, 6) is -4.57. The van der Waals surface area contributed by atoms with E-state index >= 15 is 0 Å². The van der Waals surface area contributed by atoms with Gasteiger partial charge in [0, 0.05) is 56.8 Å². The molecule has 4 aromatic rings. The van der Waals surface area contributed by atoms with Crippen molar-refractivity contribution in [3.8, 4) is 22.3 Å². The number of hydrogen-bond donors (Lipinski definition) is 7. The molecular formula is C120H188FN5O23. The van der Waals surface area contributed by atoms with Crippen molar-refractivity contribution in [1.82, 2.24) is 21.3 Å². The van der Waals surface area contributed by atoms with E-state index in [1.807, 2.05) is 135 Å². The molecule has 0 aliphatic heterocycles. The van der Waals surface area contributed by atoms with E-state index in [9.17, 15) is 81.7 Å². The van der Waals surface area contributed by atoms with E-state index < -0.39 is 95.5 Å². The van der Waals surface area contributed by atoms with Gasteiger partial charge in [0.25, 0.3) is 0 Å². The minimum absolute atomic E-state index is 0.0424. The molecule has 838 valence electrons. The van der Waals surface area contributed by atoms with Crippen LogP contribution in [0.15, 0.2) is 121 Å². The lowest BCUT2D eigenvalue weighted by Gasteiger charge is -2.20. The average Bonchev–Trinajstić information content (AvgIpc) is 1.62. The van der Waals surface area contributed by atoms with Gasteiger partial charge in [-0.15, -0.1) is 0 Å². The zero-order chi connectivity index (χ0) is 113. The number of allylic oxidation sites excluding steroid dienone is 4. The second kappa shape index (κ2) is 76.5. The number of hydrogen-bond acceptors (Lipinski definition) is 22. The van der Waals surface area contributed by atoms with Crippen LogP contribution in [-0.4, -0.2) is 172 Å². The van der Waals surface area contributed by atoms with Crippen LogP contribution < -0.4 is 27.0 Å². The van der Waals surface area contributed by atoms with Gasteiger partial charge in [-0.2, -0.15) is 0 Å². The third-order valence-corrected chi connectivity index (χ3v) is 23.9. The van der Waals surface area contributed by atoms with Crippen molar-refractivity contribution in [2.24, 2.45) is 5.73 Å². The Morgan fingerprint density at radius 1 is 0.322 bits per heavy atom. The van der Waals surface area contributed by atoms with Gasteiger partial charge in [0.05, 0.1) is 26.6 Å². The molecule has 0 bridgehead atoms. The van der Waals surface area contributed by atoms with Gasteiger partial charge in [-0.05, 0) is 298 Å². The number of alkyl halides is 1. The molecule has 5 atom stereocenters. The number of fused-ring (bicyclic) bond motifs is 6. The fourth-order valence-electron chi connectivity index (χ4n) is 16.5. The van der Waals surface area contributed by atoms with E-state index in [-0.39, 0.29) is 123 Å². The first-order chi connectivity index (χ1) is 70.7. The third kappa shape index (κ3) is 67.8. The van der Waals surface area contributed by atoms with Crippen LogP contribution >= 0.6 is 0 Å². The largest absolute Gasteiger partial charge is 0.480 e. The third-order valence-electron chi connectivity index (χ3n) is 23.9. The fraction of sp³-hybridized carbons (Fsp3) is 0.650. The lowest BCUT2D eigenvalue weighted by molar-refractivity contribution is -0.156. The molecular weight excluding hydrogens is 1900 g/mol. The van der Waals surface area contributed by atoms with Gasteiger partial charge < -0.3 is 70.4 Å². The van der Waals surface area contributed by atoms with Crippen LogP contribution in [-0.2, 0) is 90.7 Å². The van der Waals surface area contributed by atoms with E-state index in [0.29, 0.717) is 64.2 Å². The van der Waals surface area contributed by atoms with E-state index in [4.69, 9.17) is 40.3 Å². The Balaban J connectivity index is 0.000000947. The van der Waals surface area contributed by atoms with Crippen LogP contribution in [0.5, 0.6) is 0 Å². The predicted molar refractivity (Wildman–Crippen MR) is 588 cm³/mol. The average molecular weight is 2090 g/mol. The number of aliphatic carboxylic acids is 2. The van der Waals surface area contributed by atoms with E-state index in [1.165, 1.54) is 130 Å². The van der Waals surface area contributed by atoms with Gasteiger partial charge in [-0.25, -0.2) is 19.2 Å². The van der Waals surface area contributed by atoms with Crippen molar-refractivity contribution in [3.05, 3.63) is 144 Å². The van der Waals surface area contributed by atoms with E-state index in [1.54, 1.807) is 41.5 Å². The number of halogens is 1.